The van der Waals surface area contributed by atoms with Gasteiger partial charge in [0.2, 0.25) is 0 Å². The van der Waals surface area contributed by atoms with E-state index in [2.05, 4.69) is 11.6 Å². The van der Waals surface area contributed by atoms with Gasteiger partial charge < -0.3 is 4.90 Å². The molecular weight excluding hydrogens is 100 g/mol. The third kappa shape index (κ3) is 3.40. The van der Waals surface area contributed by atoms with Crippen molar-refractivity contribution in [2.45, 2.75) is 0 Å². The van der Waals surface area contributed by atoms with Gasteiger partial charge in [-0.25, -0.2) is 0 Å². The fraction of sp³-hybridized carbons (Fsp3) is 0.500. The molecule has 0 spiro atoms. The van der Waals surface area contributed by atoms with Crippen molar-refractivity contribution in [3.8, 4) is 0 Å². The van der Waals surface area contributed by atoms with Crippen molar-refractivity contribution in [1.82, 2.24) is 4.90 Å². The summed E-state index contributed by atoms with van der Waals surface area (Å²) in [5, 5.41) is 0. The van der Waals surface area contributed by atoms with Crippen LogP contribution in [0.2, 0.25) is 0 Å². The number of rotatable bonds is 3. The van der Waals surface area contributed by atoms with Crippen LogP contribution in [0.1, 0.15) is 0 Å². The highest BCUT2D eigenvalue weighted by Crippen LogP contribution is 1.73. The Hall–Kier alpha value is -0.790. The quantitative estimate of drug-likeness (QED) is 0.299. The molecule has 0 saturated heterocycles. The predicted molar refractivity (Wildman–Crippen MR) is 37.2 cm³/mol. The lowest BCUT2D eigenvalue weighted by atomic mass is 10.6. The van der Waals surface area contributed by atoms with Crippen molar-refractivity contribution in [3.63, 3.8) is 0 Å². The first-order valence-corrected chi connectivity index (χ1v) is 2.54. The van der Waals surface area contributed by atoms with Crippen LogP contribution in [-0.4, -0.2) is 31.9 Å². The molecule has 0 radical (unpaired) electrons. The molecule has 46 valence electrons. The van der Waals surface area contributed by atoms with Crippen LogP contribution in [-0.2, 0) is 0 Å². The molecule has 2 nitrogen and oxygen atoms in total. The summed E-state index contributed by atoms with van der Waals surface area (Å²) in [6.07, 6.45) is 3.60. The van der Waals surface area contributed by atoms with Gasteiger partial charge in [0.1, 0.15) is 0 Å². The smallest absolute Gasteiger partial charge is 0.0846 e. The molecule has 0 atom stereocenters. The van der Waals surface area contributed by atoms with E-state index in [0.717, 1.165) is 6.54 Å². The number of nitrogens with zero attached hydrogens (tertiary/aromatic N) is 2. The molecule has 0 aliphatic rings. The van der Waals surface area contributed by atoms with E-state index in [0.29, 0.717) is 0 Å². The molecule has 0 aliphatic heterocycles. The highest BCUT2D eigenvalue weighted by molar-refractivity contribution is 5.54. The standard InChI is InChI=1S/C6H12N2/c1-4-5-8(3)6-7-2/h4,6H,1,5H2,2-3H3. The molecule has 0 fully saturated rings. The summed E-state index contributed by atoms with van der Waals surface area (Å²) in [6.45, 7) is 4.44. The highest BCUT2D eigenvalue weighted by atomic mass is 15.1. The molecule has 0 saturated carbocycles. The summed E-state index contributed by atoms with van der Waals surface area (Å²) in [4.78, 5) is 5.76. The Kier molecular flexibility index (Phi) is 3.94. The number of hydrogen-bond donors (Lipinski definition) is 0. The van der Waals surface area contributed by atoms with Gasteiger partial charge in [-0.2, -0.15) is 0 Å². The Morgan fingerprint density at radius 1 is 1.75 bits per heavy atom. The third-order valence-electron chi connectivity index (χ3n) is 0.730. The second kappa shape index (κ2) is 4.37. The van der Waals surface area contributed by atoms with Gasteiger partial charge in [0.15, 0.2) is 0 Å². The summed E-state index contributed by atoms with van der Waals surface area (Å²) < 4.78 is 0. The molecule has 0 rings (SSSR count). The average molecular weight is 112 g/mol. The summed E-state index contributed by atoms with van der Waals surface area (Å²) in [5.41, 5.74) is 0. The maximum absolute atomic E-state index is 3.81. The minimum atomic E-state index is 0.858. The van der Waals surface area contributed by atoms with Gasteiger partial charge in [-0.3, -0.25) is 4.99 Å². The highest BCUT2D eigenvalue weighted by Gasteiger charge is 1.80. The van der Waals surface area contributed by atoms with Crippen molar-refractivity contribution in [1.29, 1.82) is 0 Å². The molecule has 2 heteroatoms. The Morgan fingerprint density at radius 3 is 2.75 bits per heavy atom. The van der Waals surface area contributed by atoms with E-state index in [1.165, 1.54) is 0 Å². The van der Waals surface area contributed by atoms with E-state index in [1.807, 2.05) is 18.0 Å². The van der Waals surface area contributed by atoms with Crippen LogP contribution in [0.25, 0.3) is 0 Å². The maximum Gasteiger partial charge on any atom is 0.0846 e. The van der Waals surface area contributed by atoms with Crippen LogP contribution >= 0.6 is 0 Å². The summed E-state index contributed by atoms with van der Waals surface area (Å²) >= 11 is 0. The minimum Gasteiger partial charge on any atom is -0.362 e. The molecule has 0 aliphatic carbocycles. The van der Waals surface area contributed by atoms with E-state index in [9.17, 15) is 0 Å². The molecule has 0 aromatic carbocycles. The van der Waals surface area contributed by atoms with Crippen molar-refractivity contribution in [2.24, 2.45) is 4.99 Å². The van der Waals surface area contributed by atoms with E-state index < -0.39 is 0 Å². The van der Waals surface area contributed by atoms with Crippen molar-refractivity contribution < 1.29 is 0 Å². The first kappa shape index (κ1) is 7.21. The third-order valence-corrected chi connectivity index (χ3v) is 0.730. The zero-order valence-electron chi connectivity index (χ0n) is 5.46. The lowest BCUT2D eigenvalue weighted by Crippen LogP contribution is -2.14. The first-order chi connectivity index (χ1) is 3.81. The Morgan fingerprint density at radius 2 is 2.38 bits per heavy atom. The van der Waals surface area contributed by atoms with Gasteiger partial charge in [-0.1, -0.05) is 6.08 Å². The Labute approximate surface area is 50.5 Å². The molecule has 8 heavy (non-hydrogen) atoms. The number of aliphatic imine (C=N–C) groups is 1. The van der Waals surface area contributed by atoms with Gasteiger partial charge in [0.25, 0.3) is 0 Å². The fourth-order valence-corrected chi connectivity index (χ4v) is 0.448. The van der Waals surface area contributed by atoms with Crippen molar-refractivity contribution in [3.05, 3.63) is 12.7 Å². The Balaban J connectivity index is 3.31. The van der Waals surface area contributed by atoms with Crippen molar-refractivity contribution >= 4 is 6.34 Å². The average Bonchev–Trinajstić information content (AvgIpc) is 1.68. The van der Waals surface area contributed by atoms with Gasteiger partial charge in [0, 0.05) is 20.6 Å². The number of hydrogen-bond acceptors (Lipinski definition) is 1. The lowest BCUT2D eigenvalue weighted by molar-refractivity contribution is 0.581. The monoisotopic (exact) mass is 112 g/mol. The van der Waals surface area contributed by atoms with Crippen LogP contribution in [0.5, 0.6) is 0 Å². The summed E-state index contributed by atoms with van der Waals surface area (Å²) in [6, 6.07) is 0. The molecule has 0 unspecified atom stereocenters. The SMILES string of the molecule is C=CCN(C)C=NC. The first-order valence-electron chi connectivity index (χ1n) is 2.54. The maximum atomic E-state index is 3.81. The van der Waals surface area contributed by atoms with E-state index >= 15 is 0 Å². The van der Waals surface area contributed by atoms with E-state index in [-0.39, 0.29) is 0 Å². The molecular formula is C6H12N2. The van der Waals surface area contributed by atoms with E-state index in [4.69, 9.17) is 0 Å². The largest absolute Gasteiger partial charge is 0.362 e. The Bertz CT molecular complexity index is 86.5. The molecule has 0 aromatic heterocycles. The van der Waals surface area contributed by atoms with E-state index in [1.54, 1.807) is 13.4 Å². The minimum absolute atomic E-state index is 0.858. The normalized spacial score (nSPS) is 9.75. The molecule has 0 aromatic rings. The van der Waals surface area contributed by atoms with Crippen LogP contribution in [0.15, 0.2) is 17.6 Å². The van der Waals surface area contributed by atoms with Crippen LogP contribution in [0, 0.1) is 0 Å². The number of likely N-dealkylation sites (N-methyl/N-ethyl adjacent to an activating group) is 1. The topological polar surface area (TPSA) is 15.6 Å². The van der Waals surface area contributed by atoms with Gasteiger partial charge in [-0.15, -0.1) is 6.58 Å². The lowest BCUT2D eigenvalue weighted by Gasteiger charge is -2.06. The van der Waals surface area contributed by atoms with Gasteiger partial charge in [-0.05, 0) is 0 Å². The van der Waals surface area contributed by atoms with Gasteiger partial charge >= 0.3 is 0 Å². The second-order valence-corrected chi connectivity index (χ2v) is 1.60. The van der Waals surface area contributed by atoms with Crippen LogP contribution < -0.4 is 0 Å². The predicted octanol–water partition coefficient (Wildman–Crippen LogP) is 0.762. The molecule has 0 amide bonds. The zero-order chi connectivity index (χ0) is 6.41. The summed E-state index contributed by atoms with van der Waals surface area (Å²) in [7, 11) is 3.70. The molecule has 0 heterocycles. The second-order valence-electron chi connectivity index (χ2n) is 1.60. The molecule has 0 N–H and O–H groups in total. The molecule has 0 bridgehead atoms. The fourth-order valence-electron chi connectivity index (χ4n) is 0.448. The van der Waals surface area contributed by atoms with Crippen LogP contribution in [0.3, 0.4) is 0 Å². The van der Waals surface area contributed by atoms with Crippen molar-refractivity contribution in [2.75, 3.05) is 20.6 Å². The zero-order valence-corrected chi connectivity index (χ0v) is 5.46. The summed E-state index contributed by atoms with van der Waals surface area (Å²) in [5.74, 6) is 0. The van der Waals surface area contributed by atoms with Crippen LogP contribution in [0.4, 0.5) is 0 Å². The van der Waals surface area contributed by atoms with Gasteiger partial charge in [0.05, 0.1) is 6.34 Å².